The summed E-state index contributed by atoms with van der Waals surface area (Å²) in [6.45, 7) is -0.0887. The summed E-state index contributed by atoms with van der Waals surface area (Å²) in [6.07, 6.45) is -3.44. The van der Waals surface area contributed by atoms with Gasteiger partial charge in [0.15, 0.2) is 6.10 Å². The van der Waals surface area contributed by atoms with Crippen LogP contribution in [0, 0.1) is 5.82 Å². The van der Waals surface area contributed by atoms with Gasteiger partial charge in [0.05, 0.1) is 6.61 Å². The predicted octanol–water partition coefficient (Wildman–Crippen LogP) is -0.482. The monoisotopic (exact) mass is 287 g/mol. The number of aliphatic hydroxyl groups is 3. The lowest BCUT2D eigenvalue weighted by molar-refractivity contribution is -0.130. The van der Waals surface area contributed by atoms with Gasteiger partial charge in [0.2, 0.25) is 0 Å². The van der Waals surface area contributed by atoms with Gasteiger partial charge in [-0.15, -0.1) is 0 Å². The van der Waals surface area contributed by atoms with Gasteiger partial charge in [0.25, 0.3) is 5.91 Å². The molecular weight excluding hydrogens is 269 g/mol. The lowest BCUT2D eigenvalue weighted by Crippen LogP contribution is -2.43. The highest BCUT2D eigenvalue weighted by molar-refractivity contribution is 5.96. The van der Waals surface area contributed by atoms with Crippen molar-refractivity contribution in [1.82, 2.24) is 0 Å². The number of halogens is 1. The van der Waals surface area contributed by atoms with Crippen molar-refractivity contribution in [1.29, 1.82) is 0 Å². The maximum Gasteiger partial charge on any atom is 0.258 e. The van der Waals surface area contributed by atoms with Gasteiger partial charge < -0.3 is 25.0 Å². The van der Waals surface area contributed by atoms with E-state index < -0.39 is 30.0 Å². The van der Waals surface area contributed by atoms with Gasteiger partial charge in [-0.1, -0.05) is 6.07 Å². The highest BCUT2D eigenvalue weighted by Crippen LogP contribution is 2.20. The summed E-state index contributed by atoms with van der Waals surface area (Å²) in [4.78, 5) is 13.2. The molecule has 0 aliphatic carbocycles. The second-order valence-electron chi connectivity index (χ2n) is 4.19. The number of aliphatic hydroxyl groups excluding tert-OH is 3. The minimum absolute atomic E-state index is 0.0887. The Morgan fingerprint density at radius 2 is 2.05 bits per heavy atom. The number of amides is 1. The Labute approximate surface area is 116 Å². The number of hydrogen-bond donors (Lipinski definition) is 3. The Kier molecular flexibility index (Phi) is 6.03. The Hall–Kier alpha value is -1.54. The number of carbonyl (C=O) groups is 1. The quantitative estimate of drug-likeness (QED) is 0.683. The first kappa shape index (κ1) is 16.5. The second-order valence-corrected chi connectivity index (χ2v) is 4.19. The minimum Gasteiger partial charge on any atom is -0.400 e. The van der Waals surface area contributed by atoms with Crippen LogP contribution in [0.5, 0.6) is 0 Å². The third-order valence-corrected chi connectivity index (χ3v) is 2.92. The highest BCUT2D eigenvalue weighted by atomic mass is 19.1. The van der Waals surface area contributed by atoms with E-state index >= 15 is 0 Å². The van der Waals surface area contributed by atoms with E-state index in [4.69, 9.17) is 9.84 Å². The van der Waals surface area contributed by atoms with Crippen molar-refractivity contribution in [2.45, 2.75) is 18.3 Å². The maximum atomic E-state index is 13.0. The summed E-state index contributed by atoms with van der Waals surface area (Å²) in [6, 6.07) is 5.52. The fraction of sp³-hybridized carbons (Fsp3) is 0.462. The van der Waals surface area contributed by atoms with E-state index in [0.717, 1.165) is 7.11 Å². The van der Waals surface area contributed by atoms with Crippen molar-refractivity contribution in [2.75, 3.05) is 25.7 Å². The molecule has 0 radical (unpaired) electrons. The van der Waals surface area contributed by atoms with Crippen LogP contribution in [0.2, 0.25) is 0 Å². The number of anilines is 1. The normalized spacial score (nSPS) is 24.8. The van der Waals surface area contributed by atoms with Gasteiger partial charge >= 0.3 is 0 Å². The van der Waals surface area contributed by atoms with Gasteiger partial charge in [-0.3, -0.25) is 4.79 Å². The molecule has 1 heterocycles. The number of ether oxygens (including phenoxy) is 1. The van der Waals surface area contributed by atoms with Crippen molar-refractivity contribution in [3.05, 3.63) is 30.1 Å². The number of nitrogens with zero attached hydrogens (tertiary/aromatic N) is 1. The van der Waals surface area contributed by atoms with Gasteiger partial charge in [-0.05, 0) is 18.2 Å². The third-order valence-electron chi connectivity index (χ3n) is 2.92. The Morgan fingerprint density at radius 1 is 1.40 bits per heavy atom. The van der Waals surface area contributed by atoms with Gasteiger partial charge in [-0.25, -0.2) is 4.39 Å². The average molecular weight is 287 g/mol. The van der Waals surface area contributed by atoms with Gasteiger partial charge in [0, 0.05) is 19.8 Å². The van der Waals surface area contributed by atoms with E-state index in [0.29, 0.717) is 5.69 Å². The molecule has 3 N–H and O–H groups in total. The molecule has 0 bridgehead atoms. The summed E-state index contributed by atoms with van der Waals surface area (Å²) < 4.78 is 18.1. The van der Waals surface area contributed by atoms with Crippen LogP contribution in [0.15, 0.2) is 24.3 Å². The molecule has 1 fully saturated rings. The molecular formula is C13H18FNO5. The largest absolute Gasteiger partial charge is 0.400 e. The van der Waals surface area contributed by atoms with Crippen molar-refractivity contribution >= 4 is 11.6 Å². The fourth-order valence-corrected chi connectivity index (χ4v) is 1.82. The molecule has 7 heteroatoms. The van der Waals surface area contributed by atoms with Gasteiger partial charge in [-0.2, -0.15) is 0 Å². The standard InChI is InChI=1S/C12H14FNO4.CH4O/c1-14(8-4-2-3-7(13)5-8)12(17)11-10(16)9(15)6-18-11;1-2/h2-5,9-11,15-16H,6H2,1H3;2H,1H3. The zero-order valence-electron chi connectivity index (χ0n) is 11.2. The van der Waals surface area contributed by atoms with Crippen molar-refractivity contribution in [2.24, 2.45) is 0 Å². The highest BCUT2D eigenvalue weighted by Gasteiger charge is 2.41. The summed E-state index contributed by atoms with van der Waals surface area (Å²) in [5.74, 6) is -0.982. The lowest BCUT2D eigenvalue weighted by atomic mass is 10.1. The van der Waals surface area contributed by atoms with Crippen LogP contribution < -0.4 is 4.90 Å². The topological polar surface area (TPSA) is 90.2 Å². The molecule has 3 unspecified atom stereocenters. The molecule has 3 atom stereocenters. The van der Waals surface area contributed by atoms with Crippen LogP contribution in [0.3, 0.4) is 0 Å². The minimum atomic E-state index is -1.26. The van der Waals surface area contributed by atoms with E-state index in [1.165, 1.54) is 30.1 Å². The van der Waals surface area contributed by atoms with Gasteiger partial charge in [0.1, 0.15) is 18.0 Å². The van der Waals surface area contributed by atoms with E-state index in [2.05, 4.69) is 0 Å². The molecule has 20 heavy (non-hydrogen) atoms. The Morgan fingerprint density at radius 3 is 2.55 bits per heavy atom. The van der Waals surface area contributed by atoms with E-state index in [9.17, 15) is 19.4 Å². The molecule has 1 aliphatic rings. The Bertz CT molecular complexity index is 456. The van der Waals surface area contributed by atoms with Crippen LogP contribution in [0.4, 0.5) is 10.1 Å². The molecule has 1 saturated heterocycles. The molecule has 6 nitrogen and oxygen atoms in total. The molecule has 1 amide bonds. The summed E-state index contributed by atoms with van der Waals surface area (Å²) in [5, 5.41) is 25.9. The van der Waals surface area contributed by atoms with Crippen LogP contribution in [-0.2, 0) is 9.53 Å². The van der Waals surface area contributed by atoms with E-state index in [-0.39, 0.29) is 6.61 Å². The first-order valence-corrected chi connectivity index (χ1v) is 5.96. The Balaban J connectivity index is 0.000000956. The molecule has 1 aromatic rings. The zero-order valence-corrected chi connectivity index (χ0v) is 11.2. The predicted molar refractivity (Wildman–Crippen MR) is 69.7 cm³/mol. The van der Waals surface area contributed by atoms with Crippen LogP contribution in [-0.4, -0.2) is 60.3 Å². The SMILES string of the molecule is CN(C(=O)C1OCC(O)C1O)c1cccc(F)c1.CO. The fourth-order valence-electron chi connectivity index (χ4n) is 1.82. The van der Waals surface area contributed by atoms with Crippen molar-refractivity contribution in [3.63, 3.8) is 0 Å². The third kappa shape index (κ3) is 3.51. The van der Waals surface area contributed by atoms with E-state index in [1.807, 2.05) is 0 Å². The number of likely N-dealkylation sites (N-methyl/N-ethyl adjacent to an activating group) is 1. The lowest BCUT2D eigenvalue weighted by Gasteiger charge is -2.22. The first-order chi connectivity index (χ1) is 9.50. The molecule has 112 valence electrons. The smallest absolute Gasteiger partial charge is 0.258 e. The molecule has 2 rings (SSSR count). The number of rotatable bonds is 2. The zero-order chi connectivity index (χ0) is 15.3. The maximum absolute atomic E-state index is 13.0. The molecule has 0 spiro atoms. The number of benzene rings is 1. The molecule has 1 aliphatic heterocycles. The molecule has 0 aromatic heterocycles. The van der Waals surface area contributed by atoms with Crippen molar-refractivity contribution < 1.29 is 29.2 Å². The first-order valence-electron chi connectivity index (χ1n) is 5.96. The van der Waals surface area contributed by atoms with E-state index in [1.54, 1.807) is 6.07 Å². The summed E-state index contributed by atoms with van der Waals surface area (Å²) in [7, 11) is 2.46. The number of carbonyl (C=O) groups excluding carboxylic acids is 1. The molecule has 1 aromatic carbocycles. The van der Waals surface area contributed by atoms with Crippen LogP contribution >= 0.6 is 0 Å². The number of hydrogen-bond acceptors (Lipinski definition) is 5. The average Bonchev–Trinajstić information content (AvgIpc) is 2.79. The molecule has 0 saturated carbocycles. The second kappa shape index (κ2) is 7.30. The van der Waals surface area contributed by atoms with Crippen LogP contribution in [0.1, 0.15) is 0 Å². The summed E-state index contributed by atoms with van der Waals surface area (Å²) in [5.41, 5.74) is 0.359. The van der Waals surface area contributed by atoms with Crippen molar-refractivity contribution in [3.8, 4) is 0 Å². The summed E-state index contributed by atoms with van der Waals surface area (Å²) >= 11 is 0. The van der Waals surface area contributed by atoms with Crippen LogP contribution in [0.25, 0.3) is 0 Å².